The average Bonchev–Trinajstić information content (AvgIpc) is 2.72. The van der Waals surface area contributed by atoms with Gasteiger partial charge in [0.1, 0.15) is 0 Å². The van der Waals surface area contributed by atoms with Gasteiger partial charge < -0.3 is 5.32 Å². The van der Waals surface area contributed by atoms with Crippen LogP contribution < -0.4 is 10.6 Å². The number of aryl methyl sites for hydroxylation is 1. The smallest absolute Gasteiger partial charge is 0.321 e. The van der Waals surface area contributed by atoms with Crippen LogP contribution in [0.3, 0.4) is 0 Å². The summed E-state index contributed by atoms with van der Waals surface area (Å²) in [7, 11) is 1.68. The van der Waals surface area contributed by atoms with Gasteiger partial charge >= 0.3 is 6.03 Å². The number of carbonyl (C=O) groups excluding carboxylic acids is 2. The second-order valence-electron chi connectivity index (χ2n) is 4.44. The van der Waals surface area contributed by atoms with E-state index < -0.39 is 11.3 Å². The van der Waals surface area contributed by atoms with Gasteiger partial charge in [-0.2, -0.15) is 0 Å². The molecular formula is C10H18N6O2S. The molecule has 0 aliphatic rings. The maximum atomic E-state index is 11.8. The Morgan fingerprint density at radius 2 is 2.05 bits per heavy atom. The fraction of sp³-hybridized carbons (Fsp3) is 0.700. The second-order valence-corrected chi connectivity index (χ2v) is 5.75. The Kier molecular flexibility index (Phi) is 5.74. The molecule has 0 aliphatic carbocycles. The molecule has 3 amide bonds. The summed E-state index contributed by atoms with van der Waals surface area (Å²) in [4.78, 5) is 23.2. The molecule has 1 aromatic heterocycles. The average molecular weight is 286 g/mol. The molecule has 0 saturated carbocycles. The summed E-state index contributed by atoms with van der Waals surface area (Å²) in [5.74, 6) is -0.0494. The summed E-state index contributed by atoms with van der Waals surface area (Å²) < 4.78 is 1.47. The van der Waals surface area contributed by atoms with Crippen LogP contribution in [0.25, 0.3) is 0 Å². The number of nitrogens with zero attached hydrogens (tertiary/aromatic N) is 4. The first-order valence-corrected chi connectivity index (χ1v) is 6.75. The largest absolute Gasteiger partial charge is 0.338 e. The molecule has 2 N–H and O–H groups in total. The summed E-state index contributed by atoms with van der Waals surface area (Å²) in [6.07, 6.45) is 0. The lowest BCUT2D eigenvalue weighted by molar-refractivity contribution is -0.119. The van der Waals surface area contributed by atoms with E-state index in [4.69, 9.17) is 0 Å². The van der Waals surface area contributed by atoms with Crippen molar-refractivity contribution in [2.24, 2.45) is 13.0 Å². The number of hydrogen-bond acceptors (Lipinski definition) is 6. The van der Waals surface area contributed by atoms with E-state index in [1.165, 1.54) is 16.4 Å². The number of rotatable bonds is 5. The monoisotopic (exact) mass is 286 g/mol. The minimum absolute atomic E-state index is 0.331. The third-order valence-electron chi connectivity index (χ3n) is 2.14. The quantitative estimate of drug-likeness (QED) is 0.748. The number of aromatic nitrogens is 4. The predicted octanol–water partition coefficient (Wildman–Crippen LogP) is 0.172. The highest BCUT2D eigenvalue weighted by Crippen LogP contribution is 2.18. The van der Waals surface area contributed by atoms with Crippen LogP contribution in [0, 0.1) is 5.92 Å². The van der Waals surface area contributed by atoms with Gasteiger partial charge in [0.15, 0.2) is 0 Å². The molecule has 8 nitrogen and oxygen atoms in total. The Bertz CT molecular complexity index is 447. The van der Waals surface area contributed by atoms with Crippen LogP contribution in [-0.2, 0) is 11.8 Å². The highest BCUT2D eigenvalue weighted by molar-refractivity contribution is 8.00. The van der Waals surface area contributed by atoms with Crippen LogP contribution in [0.4, 0.5) is 4.79 Å². The molecule has 1 atom stereocenters. The Hall–Kier alpha value is -1.64. The van der Waals surface area contributed by atoms with Crippen LogP contribution in [-0.4, -0.2) is 43.9 Å². The molecule has 106 valence electrons. The van der Waals surface area contributed by atoms with Crippen molar-refractivity contribution in [3.63, 3.8) is 0 Å². The fourth-order valence-electron chi connectivity index (χ4n) is 1.09. The van der Waals surface area contributed by atoms with Crippen molar-refractivity contribution in [2.75, 3.05) is 6.54 Å². The molecule has 0 saturated heterocycles. The SMILES string of the molecule is CC(C)CNC(=O)NC(=O)C(C)Sc1nnnn1C. The lowest BCUT2D eigenvalue weighted by atomic mass is 10.2. The van der Waals surface area contributed by atoms with Crippen molar-refractivity contribution in [3.8, 4) is 0 Å². The van der Waals surface area contributed by atoms with E-state index in [2.05, 4.69) is 26.2 Å². The third-order valence-corrected chi connectivity index (χ3v) is 3.26. The van der Waals surface area contributed by atoms with Gasteiger partial charge in [-0.1, -0.05) is 25.6 Å². The molecule has 9 heteroatoms. The first kappa shape index (κ1) is 15.4. The van der Waals surface area contributed by atoms with Crippen molar-refractivity contribution in [2.45, 2.75) is 31.2 Å². The van der Waals surface area contributed by atoms with E-state index in [0.717, 1.165) is 0 Å². The predicted molar refractivity (Wildman–Crippen MR) is 70.5 cm³/mol. The molecule has 0 aromatic carbocycles. The van der Waals surface area contributed by atoms with Crippen molar-refractivity contribution in [1.82, 2.24) is 30.8 Å². The summed E-state index contributed by atoms with van der Waals surface area (Å²) in [5, 5.41) is 15.8. The second kappa shape index (κ2) is 7.07. The van der Waals surface area contributed by atoms with Crippen molar-refractivity contribution < 1.29 is 9.59 Å². The highest BCUT2D eigenvalue weighted by Gasteiger charge is 2.19. The van der Waals surface area contributed by atoms with Gasteiger partial charge in [-0.05, 0) is 23.3 Å². The number of amides is 3. The third kappa shape index (κ3) is 5.25. The van der Waals surface area contributed by atoms with E-state index >= 15 is 0 Å². The maximum Gasteiger partial charge on any atom is 0.321 e. The van der Waals surface area contributed by atoms with Crippen molar-refractivity contribution in [1.29, 1.82) is 0 Å². The van der Waals surface area contributed by atoms with E-state index in [9.17, 15) is 9.59 Å². The number of urea groups is 1. The van der Waals surface area contributed by atoms with Crippen LogP contribution in [0.1, 0.15) is 20.8 Å². The molecule has 1 rings (SSSR count). The van der Waals surface area contributed by atoms with Gasteiger partial charge in [0.25, 0.3) is 0 Å². The molecule has 0 aliphatic heterocycles. The number of thioether (sulfide) groups is 1. The highest BCUT2D eigenvalue weighted by atomic mass is 32.2. The fourth-order valence-corrected chi connectivity index (χ4v) is 1.84. The number of nitrogens with one attached hydrogen (secondary N) is 2. The van der Waals surface area contributed by atoms with Crippen LogP contribution in [0.5, 0.6) is 0 Å². The topological polar surface area (TPSA) is 102 Å². The minimum atomic E-state index is -0.484. The van der Waals surface area contributed by atoms with Gasteiger partial charge in [0.05, 0.1) is 5.25 Å². The number of imide groups is 1. The Labute approximate surface area is 115 Å². The lowest BCUT2D eigenvalue weighted by Crippen LogP contribution is -2.43. The number of tetrazole rings is 1. The molecule has 1 unspecified atom stereocenters. The van der Waals surface area contributed by atoms with Gasteiger partial charge in [-0.25, -0.2) is 9.48 Å². The standard InChI is InChI=1S/C10H18N6O2S/c1-6(2)5-11-9(18)12-8(17)7(3)19-10-13-14-15-16(10)4/h6-7H,5H2,1-4H3,(H2,11,12,17,18). The first-order chi connectivity index (χ1) is 8.90. The van der Waals surface area contributed by atoms with E-state index in [-0.39, 0.29) is 5.91 Å². The number of carbonyl (C=O) groups is 2. The van der Waals surface area contributed by atoms with Gasteiger partial charge in [-0.15, -0.1) is 5.10 Å². The van der Waals surface area contributed by atoms with E-state index in [1.807, 2.05) is 13.8 Å². The molecule has 0 fully saturated rings. The Morgan fingerprint density at radius 3 is 2.58 bits per heavy atom. The molecule has 0 bridgehead atoms. The zero-order chi connectivity index (χ0) is 14.4. The normalized spacial score (nSPS) is 12.3. The van der Waals surface area contributed by atoms with Crippen LogP contribution >= 0.6 is 11.8 Å². The zero-order valence-corrected chi connectivity index (χ0v) is 12.2. The summed E-state index contributed by atoms with van der Waals surface area (Å²) in [6, 6.07) is -0.484. The lowest BCUT2D eigenvalue weighted by Gasteiger charge is -2.11. The van der Waals surface area contributed by atoms with Crippen LogP contribution in [0.2, 0.25) is 0 Å². The molecule has 1 heterocycles. The maximum absolute atomic E-state index is 11.8. The minimum Gasteiger partial charge on any atom is -0.338 e. The molecule has 1 aromatic rings. The summed E-state index contributed by atoms with van der Waals surface area (Å²) in [6.45, 7) is 6.15. The van der Waals surface area contributed by atoms with Gasteiger partial charge in [0, 0.05) is 13.6 Å². The van der Waals surface area contributed by atoms with Crippen molar-refractivity contribution >= 4 is 23.7 Å². The summed E-state index contributed by atoms with van der Waals surface area (Å²) in [5.41, 5.74) is 0. The zero-order valence-electron chi connectivity index (χ0n) is 11.4. The molecule has 0 spiro atoms. The molecular weight excluding hydrogens is 268 g/mol. The molecule has 19 heavy (non-hydrogen) atoms. The Morgan fingerprint density at radius 1 is 1.37 bits per heavy atom. The summed E-state index contributed by atoms with van der Waals surface area (Å²) >= 11 is 1.19. The van der Waals surface area contributed by atoms with E-state index in [1.54, 1.807) is 14.0 Å². The van der Waals surface area contributed by atoms with Gasteiger partial charge in [-0.3, -0.25) is 10.1 Å². The first-order valence-electron chi connectivity index (χ1n) is 5.88. The van der Waals surface area contributed by atoms with Crippen molar-refractivity contribution in [3.05, 3.63) is 0 Å². The Balaban J connectivity index is 2.40. The van der Waals surface area contributed by atoms with Gasteiger partial charge in [0.2, 0.25) is 11.1 Å². The molecule has 0 radical (unpaired) electrons. The van der Waals surface area contributed by atoms with E-state index in [0.29, 0.717) is 17.6 Å². The number of hydrogen-bond donors (Lipinski definition) is 2. The van der Waals surface area contributed by atoms with Crippen LogP contribution in [0.15, 0.2) is 5.16 Å².